The van der Waals surface area contributed by atoms with Crippen LogP contribution < -0.4 is 5.73 Å². The summed E-state index contributed by atoms with van der Waals surface area (Å²) < 4.78 is 9.82. The molecule has 2 N–H and O–H groups in total. The number of Topliss-reactive ketones (excluding diaryl/α,β-unsaturated/α-hetero) is 1. The maximum atomic E-state index is 11.5. The van der Waals surface area contributed by atoms with Crippen LogP contribution >= 0.6 is 0 Å². The summed E-state index contributed by atoms with van der Waals surface area (Å²) in [6, 6.07) is 0. The van der Waals surface area contributed by atoms with Crippen molar-refractivity contribution in [3.63, 3.8) is 0 Å². The summed E-state index contributed by atoms with van der Waals surface area (Å²) in [4.78, 5) is 23.0. The van der Waals surface area contributed by atoms with Gasteiger partial charge in [0.2, 0.25) is 0 Å². The molecule has 0 radical (unpaired) electrons. The molecule has 86 valence electrons. The molecule has 1 fully saturated rings. The van der Waals surface area contributed by atoms with Crippen LogP contribution in [0.4, 0.5) is 0 Å². The monoisotopic (exact) mass is 215 g/mol. The Bertz CT molecular complexity index is 230. The Hall–Kier alpha value is -0.940. The van der Waals surface area contributed by atoms with Crippen molar-refractivity contribution < 1.29 is 19.1 Å². The van der Waals surface area contributed by atoms with Gasteiger partial charge in [-0.1, -0.05) is 0 Å². The number of ketones is 1. The fourth-order valence-corrected chi connectivity index (χ4v) is 2.10. The van der Waals surface area contributed by atoms with Crippen molar-refractivity contribution in [3.8, 4) is 0 Å². The van der Waals surface area contributed by atoms with Gasteiger partial charge in [-0.3, -0.25) is 9.59 Å². The third kappa shape index (κ3) is 2.54. The normalized spacial score (nSPS) is 30.2. The zero-order valence-corrected chi connectivity index (χ0v) is 9.06. The Morgan fingerprint density at radius 2 is 1.87 bits per heavy atom. The van der Waals surface area contributed by atoms with Gasteiger partial charge in [0.1, 0.15) is 5.78 Å². The number of esters is 1. The highest BCUT2D eigenvalue weighted by atomic mass is 16.5. The Balaban J connectivity index is 2.73. The SMILES string of the molecule is COC(=O)[C@H]1CC(OC)C[C@H]1C(=O)CN. The summed E-state index contributed by atoms with van der Waals surface area (Å²) in [5, 5.41) is 0. The number of nitrogens with two attached hydrogens (primary N) is 1. The van der Waals surface area contributed by atoms with E-state index in [1.165, 1.54) is 7.11 Å². The van der Waals surface area contributed by atoms with Crippen LogP contribution in [0.15, 0.2) is 0 Å². The van der Waals surface area contributed by atoms with E-state index in [4.69, 9.17) is 10.5 Å². The molecule has 1 rings (SSSR count). The fourth-order valence-electron chi connectivity index (χ4n) is 2.10. The van der Waals surface area contributed by atoms with Crippen molar-refractivity contribution in [1.29, 1.82) is 0 Å². The Morgan fingerprint density at radius 1 is 1.27 bits per heavy atom. The van der Waals surface area contributed by atoms with Gasteiger partial charge in [-0.05, 0) is 12.8 Å². The van der Waals surface area contributed by atoms with Crippen LogP contribution in [-0.2, 0) is 19.1 Å². The molecule has 1 aliphatic rings. The number of rotatable bonds is 4. The molecule has 0 amide bonds. The summed E-state index contributed by atoms with van der Waals surface area (Å²) in [5.74, 6) is -1.17. The van der Waals surface area contributed by atoms with E-state index in [0.717, 1.165) is 0 Å². The zero-order valence-electron chi connectivity index (χ0n) is 9.06. The maximum Gasteiger partial charge on any atom is 0.309 e. The first-order valence-corrected chi connectivity index (χ1v) is 4.97. The van der Waals surface area contributed by atoms with Gasteiger partial charge in [-0.2, -0.15) is 0 Å². The molecule has 5 heteroatoms. The lowest BCUT2D eigenvalue weighted by Gasteiger charge is -2.14. The summed E-state index contributed by atoms with van der Waals surface area (Å²) in [5.41, 5.74) is 5.30. The standard InChI is InChI=1S/C10H17NO4/c1-14-6-3-7(9(12)5-11)8(4-6)10(13)15-2/h6-8H,3-5,11H2,1-2H3/t6?,7-,8+/m1/s1. The Kier molecular flexibility index (Phi) is 4.23. The van der Waals surface area contributed by atoms with Crippen molar-refractivity contribution in [2.75, 3.05) is 20.8 Å². The number of carbonyl (C=O) groups is 2. The average Bonchev–Trinajstić information content (AvgIpc) is 2.70. The van der Waals surface area contributed by atoms with Gasteiger partial charge in [0.15, 0.2) is 0 Å². The molecule has 15 heavy (non-hydrogen) atoms. The zero-order chi connectivity index (χ0) is 11.4. The van der Waals surface area contributed by atoms with Crippen LogP contribution in [0.1, 0.15) is 12.8 Å². The second-order valence-electron chi connectivity index (χ2n) is 3.74. The van der Waals surface area contributed by atoms with E-state index in [2.05, 4.69) is 4.74 Å². The topological polar surface area (TPSA) is 78.6 Å². The predicted octanol–water partition coefficient (Wildman–Crippen LogP) is -0.272. The minimum absolute atomic E-state index is 0.0331. The minimum Gasteiger partial charge on any atom is -0.469 e. The summed E-state index contributed by atoms with van der Waals surface area (Å²) in [7, 11) is 2.90. The van der Waals surface area contributed by atoms with Crippen molar-refractivity contribution >= 4 is 11.8 Å². The highest BCUT2D eigenvalue weighted by molar-refractivity contribution is 5.88. The number of ether oxygens (including phenoxy) is 2. The molecular weight excluding hydrogens is 198 g/mol. The molecule has 0 spiro atoms. The van der Waals surface area contributed by atoms with E-state index >= 15 is 0 Å². The fraction of sp³-hybridized carbons (Fsp3) is 0.800. The van der Waals surface area contributed by atoms with E-state index < -0.39 is 5.92 Å². The molecule has 3 atom stereocenters. The van der Waals surface area contributed by atoms with Crippen LogP contribution in [0.25, 0.3) is 0 Å². The van der Waals surface area contributed by atoms with E-state index in [0.29, 0.717) is 12.8 Å². The minimum atomic E-state index is -0.393. The van der Waals surface area contributed by atoms with Crippen molar-refractivity contribution in [1.82, 2.24) is 0 Å². The molecule has 0 aromatic carbocycles. The number of hydrogen-bond donors (Lipinski definition) is 1. The Labute approximate surface area is 88.9 Å². The lowest BCUT2D eigenvalue weighted by molar-refractivity contribution is -0.148. The van der Waals surface area contributed by atoms with E-state index in [-0.39, 0.29) is 30.3 Å². The number of methoxy groups -OCH3 is 2. The van der Waals surface area contributed by atoms with Gasteiger partial charge in [-0.15, -0.1) is 0 Å². The first-order chi connectivity index (χ1) is 7.13. The molecular formula is C10H17NO4. The molecule has 0 saturated heterocycles. The van der Waals surface area contributed by atoms with Crippen LogP contribution in [0.3, 0.4) is 0 Å². The van der Waals surface area contributed by atoms with Gasteiger partial charge in [0.05, 0.1) is 25.7 Å². The Morgan fingerprint density at radius 3 is 2.33 bits per heavy atom. The van der Waals surface area contributed by atoms with Crippen molar-refractivity contribution in [2.45, 2.75) is 18.9 Å². The highest BCUT2D eigenvalue weighted by Gasteiger charge is 2.42. The molecule has 5 nitrogen and oxygen atoms in total. The molecule has 0 aliphatic heterocycles. The molecule has 1 unspecified atom stereocenters. The lowest BCUT2D eigenvalue weighted by Crippen LogP contribution is -2.30. The number of carbonyl (C=O) groups excluding carboxylic acids is 2. The summed E-state index contributed by atoms with van der Waals surface area (Å²) >= 11 is 0. The predicted molar refractivity (Wildman–Crippen MR) is 53.1 cm³/mol. The van der Waals surface area contributed by atoms with E-state index in [1.54, 1.807) is 7.11 Å². The van der Waals surface area contributed by atoms with Gasteiger partial charge in [0.25, 0.3) is 0 Å². The van der Waals surface area contributed by atoms with Gasteiger partial charge >= 0.3 is 5.97 Å². The molecule has 0 aromatic heterocycles. The van der Waals surface area contributed by atoms with Crippen molar-refractivity contribution in [3.05, 3.63) is 0 Å². The van der Waals surface area contributed by atoms with Crippen LogP contribution in [0.2, 0.25) is 0 Å². The maximum absolute atomic E-state index is 11.5. The smallest absolute Gasteiger partial charge is 0.309 e. The average molecular weight is 215 g/mol. The second-order valence-corrected chi connectivity index (χ2v) is 3.74. The largest absolute Gasteiger partial charge is 0.469 e. The molecule has 1 aliphatic carbocycles. The second kappa shape index (κ2) is 5.23. The van der Waals surface area contributed by atoms with Crippen LogP contribution in [0, 0.1) is 11.8 Å². The van der Waals surface area contributed by atoms with Crippen LogP contribution in [-0.4, -0.2) is 38.6 Å². The van der Waals surface area contributed by atoms with Crippen LogP contribution in [0.5, 0.6) is 0 Å². The first-order valence-electron chi connectivity index (χ1n) is 4.97. The van der Waals surface area contributed by atoms with E-state index in [9.17, 15) is 9.59 Å². The van der Waals surface area contributed by atoms with E-state index in [1.807, 2.05) is 0 Å². The third-order valence-electron chi connectivity index (χ3n) is 2.97. The quantitative estimate of drug-likeness (QED) is 0.653. The van der Waals surface area contributed by atoms with Gasteiger partial charge in [0, 0.05) is 13.0 Å². The van der Waals surface area contributed by atoms with Crippen molar-refractivity contribution in [2.24, 2.45) is 17.6 Å². The molecule has 0 heterocycles. The number of hydrogen-bond acceptors (Lipinski definition) is 5. The summed E-state index contributed by atoms with van der Waals surface area (Å²) in [6.45, 7) is -0.0331. The first kappa shape index (κ1) is 12.1. The molecule has 1 saturated carbocycles. The highest BCUT2D eigenvalue weighted by Crippen LogP contribution is 2.34. The molecule has 0 aromatic rings. The summed E-state index contributed by atoms with van der Waals surface area (Å²) in [6.07, 6.45) is 1.06. The third-order valence-corrected chi connectivity index (χ3v) is 2.97. The van der Waals surface area contributed by atoms with Gasteiger partial charge in [-0.25, -0.2) is 0 Å². The van der Waals surface area contributed by atoms with Gasteiger partial charge < -0.3 is 15.2 Å². The molecule has 0 bridgehead atoms. The lowest BCUT2D eigenvalue weighted by atomic mass is 9.92.